The number of nitrogen functional groups attached to an aromatic ring is 1. The molecule has 1 aliphatic rings. The van der Waals surface area contributed by atoms with Crippen LogP contribution in [0.25, 0.3) is 10.2 Å². The number of anilines is 1. The van der Waals surface area contributed by atoms with Crippen LogP contribution in [-0.2, 0) is 25.9 Å². The molecule has 2 heterocycles. The molecule has 0 fully saturated rings. The van der Waals surface area contributed by atoms with Crippen molar-refractivity contribution in [1.29, 1.82) is 0 Å². The number of aromatic nitrogens is 2. The van der Waals surface area contributed by atoms with Crippen LogP contribution in [0.2, 0.25) is 0 Å². The highest BCUT2D eigenvalue weighted by molar-refractivity contribution is 7.19. The zero-order valence-electron chi connectivity index (χ0n) is 14.0. The normalized spacial score (nSPS) is 14.2. The lowest BCUT2D eigenvalue weighted by Gasteiger charge is -2.16. The highest BCUT2D eigenvalue weighted by Crippen LogP contribution is 2.37. The van der Waals surface area contributed by atoms with Gasteiger partial charge in [-0.3, -0.25) is 4.90 Å². The molecule has 0 aliphatic heterocycles. The fourth-order valence-corrected chi connectivity index (χ4v) is 4.78. The van der Waals surface area contributed by atoms with Gasteiger partial charge in [-0.2, -0.15) is 0 Å². The predicted molar refractivity (Wildman–Crippen MR) is 100 cm³/mol. The van der Waals surface area contributed by atoms with E-state index in [1.165, 1.54) is 35.3 Å². The molecule has 0 bridgehead atoms. The van der Waals surface area contributed by atoms with E-state index in [2.05, 4.69) is 41.2 Å². The molecule has 0 spiro atoms. The third-order valence-electron chi connectivity index (χ3n) is 4.60. The topological polar surface area (TPSA) is 55.0 Å². The van der Waals surface area contributed by atoms with Gasteiger partial charge in [0.2, 0.25) is 0 Å². The second-order valence-corrected chi connectivity index (χ2v) is 7.66. The van der Waals surface area contributed by atoms with Crippen LogP contribution in [0.5, 0.6) is 0 Å². The zero-order chi connectivity index (χ0) is 16.5. The summed E-state index contributed by atoms with van der Waals surface area (Å²) in [7, 11) is 2.09. The molecule has 0 unspecified atom stereocenters. The molecule has 0 saturated heterocycles. The Bertz CT molecular complexity index is 857. The third-order valence-corrected chi connectivity index (χ3v) is 5.78. The highest BCUT2D eigenvalue weighted by Gasteiger charge is 2.20. The Balaban J connectivity index is 1.58. The summed E-state index contributed by atoms with van der Waals surface area (Å²) in [4.78, 5) is 14.2. The van der Waals surface area contributed by atoms with E-state index in [4.69, 9.17) is 10.7 Å². The summed E-state index contributed by atoms with van der Waals surface area (Å²) in [5.74, 6) is 1.47. The lowest BCUT2D eigenvalue weighted by molar-refractivity contribution is 0.311. The summed E-state index contributed by atoms with van der Waals surface area (Å²) >= 11 is 1.81. The number of benzene rings is 1. The van der Waals surface area contributed by atoms with E-state index in [-0.39, 0.29) is 0 Å². The van der Waals surface area contributed by atoms with Crippen LogP contribution in [0.1, 0.15) is 34.7 Å². The maximum absolute atomic E-state index is 6.29. The molecule has 124 valence electrons. The molecule has 0 radical (unpaired) electrons. The molecule has 1 aromatic carbocycles. The van der Waals surface area contributed by atoms with Gasteiger partial charge in [0.05, 0.1) is 11.9 Å². The smallest absolute Gasteiger partial charge is 0.146 e. The van der Waals surface area contributed by atoms with Gasteiger partial charge < -0.3 is 5.73 Å². The van der Waals surface area contributed by atoms with Gasteiger partial charge in [-0.15, -0.1) is 11.3 Å². The molecule has 5 heteroatoms. The maximum Gasteiger partial charge on any atom is 0.146 e. The average Bonchev–Trinajstić information content (AvgIpc) is 2.94. The van der Waals surface area contributed by atoms with Gasteiger partial charge >= 0.3 is 0 Å². The van der Waals surface area contributed by atoms with Crippen molar-refractivity contribution in [2.45, 2.75) is 38.8 Å². The zero-order valence-corrected chi connectivity index (χ0v) is 14.8. The monoisotopic (exact) mass is 338 g/mol. The number of fused-ring (bicyclic) bond motifs is 3. The molecule has 24 heavy (non-hydrogen) atoms. The van der Waals surface area contributed by atoms with Gasteiger partial charge in [-0.05, 0) is 43.9 Å². The molecular weight excluding hydrogens is 316 g/mol. The Morgan fingerprint density at radius 3 is 2.71 bits per heavy atom. The van der Waals surface area contributed by atoms with Gasteiger partial charge in [0.1, 0.15) is 16.5 Å². The lowest BCUT2D eigenvalue weighted by Crippen LogP contribution is -2.19. The van der Waals surface area contributed by atoms with E-state index in [9.17, 15) is 0 Å². The first-order valence-electron chi connectivity index (χ1n) is 8.50. The fourth-order valence-electron chi connectivity index (χ4n) is 3.49. The second-order valence-electron chi connectivity index (χ2n) is 6.57. The number of hydrogen-bond acceptors (Lipinski definition) is 5. The summed E-state index contributed by atoms with van der Waals surface area (Å²) in [5.41, 5.74) is 8.99. The van der Waals surface area contributed by atoms with Crippen LogP contribution in [0.3, 0.4) is 0 Å². The summed E-state index contributed by atoms with van der Waals surface area (Å²) in [6, 6.07) is 10.5. The van der Waals surface area contributed by atoms with E-state index in [1.807, 2.05) is 17.4 Å². The third kappa shape index (κ3) is 3.01. The van der Waals surface area contributed by atoms with E-state index >= 15 is 0 Å². The number of thiophene rings is 1. The highest BCUT2D eigenvalue weighted by atomic mass is 32.1. The minimum atomic E-state index is 0.655. The van der Waals surface area contributed by atoms with Crippen LogP contribution in [-0.4, -0.2) is 21.9 Å². The minimum absolute atomic E-state index is 0.655. The Labute approximate surface area is 146 Å². The Morgan fingerprint density at radius 1 is 1.08 bits per heavy atom. The summed E-state index contributed by atoms with van der Waals surface area (Å²) in [6.07, 6.45) is 4.81. The van der Waals surface area contributed by atoms with Gasteiger partial charge in [0, 0.05) is 11.4 Å². The number of hydrogen-bond donors (Lipinski definition) is 1. The van der Waals surface area contributed by atoms with Crippen molar-refractivity contribution < 1.29 is 0 Å². The lowest BCUT2D eigenvalue weighted by atomic mass is 9.97. The van der Waals surface area contributed by atoms with Crippen molar-refractivity contribution in [3.8, 4) is 0 Å². The SMILES string of the molecule is CN(Cc1ccccc1)Cc1nc(N)c2c3c(sc2n1)CCCC3. The molecule has 4 rings (SSSR count). The van der Waals surface area contributed by atoms with Crippen molar-refractivity contribution in [3.63, 3.8) is 0 Å². The van der Waals surface area contributed by atoms with E-state index < -0.39 is 0 Å². The molecule has 0 atom stereocenters. The van der Waals surface area contributed by atoms with Crippen LogP contribution in [0.15, 0.2) is 30.3 Å². The number of aryl methyl sites for hydroxylation is 2. The average molecular weight is 338 g/mol. The van der Waals surface area contributed by atoms with Crippen LogP contribution in [0, 0.1) is 0 Å². The quantitative estimate of drug-likeness (QED) is 0.786. The molecular formula is C19H22N4S. The number of rotatable bonds is 4. The molecule has 1 aliphatic carbocycles. The Hall–Kier alpha value is -1.98. The first kappa shape index (κ1) is 15.5. The molecule has 2 N–H and O–H groups in total. The minimum Gasteiger partial charge on any atom is -0.383 e. The van der Waals surface area contributed by atoms with Crippen molar-refractivity contribution >= 4 is 27.4 Å². The van der Waals surface area contributed by atoms with Gasteiger partial charge in [-0.25, -0.2) is 9.97 Å². The van der Waals surface area contributed by atoms with Crippen LogP contribution < -0.4 is 5.73 Å². The Morgan fingerprint density at radius 2 is 1.88 bits per heavy atom. The van der Waals surface area contributed by atoms with Gasteiger partial charge in [0.25, 0.3) is 0 Å². The van der Waals surface area contributed by atoms with Crippen LogP contribution in [0.4, 0.5) is 5.82 Å². The maximum atomic E-state index is 6.29. The van der Waals surface area contributed by atoms with Crippen molar-refractivity contribution in [3.05, 3.63) is 52.2 Å². The molecule has 0 saturated carbocycles. The first-order valence-corrected chi connectivity index (χ1v) is 9.31. The predicted octanol–water partition coefficient (Wildman–Crippen LogP) is 3.78. The van der Waals surface area contributed by atoms with E-state index in [0.717, 1.165) is 29.0 Å². The molecule has 3 aromatic rings. The van der Waals surface area contributed by atoms with Crippen molar-refractivity contribution in [2.75, 3.05) is 12.8 Å². The van der Waals surface area contributed by atoms with E-state index in [0.29, 0.717) is 12.4 Å². The second kappa shape index (κ2) is 6.49. The standard InChI is InChI=1S/C19H22N4S/c1-23(11-13-7-3-2-4-8-13)12-16-21-18(20)17-14-9-5-6-10-15(14)24-19(17)22-16/h2-4,7-8H,5-6,9-12H2,1H3,(H2,20,21,22). The van der Waals surface area contributed by atoms with Crippen molar-refractivity contribution in [2.24, 2.45) is 0 Å². The van der Waals surface area contributed by atoms with Crippen LogP contribution >= 0.6 is 11.3 Å². The molecule has 2 aromatic heterocycles. The summed E-state index contributed by atoms with van der Waals surface area (Å²) < 4.78 is 0. The van der Waals surface area contributed by atoms with Gasteiger partial charge in [-0.1, -0.05) is 30.3 Å². The van der Waals surface area contributed by atoms with Crippen molar-refractivity contribution in [1.82, 2.24) is 14.9 Å². The van der Waals surface area contributed by atoms with Gasteiger partial charge in [0.15, 0.2) is 0 Å². The van der Waals surface area contributed by atoms with E-state index in [1.54, 1.807) is 0 Å². The fraction of sp³-hybridized carbons (Fsp3) is 0.368. The summed E-state index contributed by atoms with van der Waals surface area (Å²) in [6.45, 7) is 1.58. The molecule has 4 nitrogen and oxygen atoms in total. The number of nitrogens with two attached hydrogens (primary N) is 1. The largest absolute Gasteiger partial charge is 0.383 e. The summed E-state index contributed by atoms with van der Waals surface area (Å²) in [5, 5.41) is 1.11. The first-order chi connectivity index (χ1) is 11.7. The number of nitrogens with zero attached hydrogens (tertiary/aromatic N) is 3. The molecule has 0 amide bonds. The Kier molecular flexibility index (Phi) is 4.21.